The summed E-state index contributed by atoms with van der Waals surface area (Å²) in [6, 6.07) is 23.8. The van der Waals surface area contributed by atoms with Crippen LogP contribution >= 0.6 is 11.6 Å². The molecule has 3 aromatic carbocycles. The second kappa shape index (κ2) is 8.13. The molecule has 0 bridgehead atoms. The van der Waals surface area contributed by atoms with Crippen molar-refractivity contribution in [1.82, 2.24) is 14.6 Å². The third kappa shape index (κ3) is 3.66. The number of benzene rings is 3. The van der Waals surface area contributed by atoms with E-state index in [1.807, 2.05) is 54.6 Å². The van der Waals surface area contributed by atoms with Gasteiger partial charge in [-0.25, -0.2) is 9.97 Å². The molecule has 0 saturated carbocycles. The second-order valence-corrected chi connectivity index (χ2v) is 7.51. The van der Waals surface area contributed by atoms with Crippen LogP contribution in [-0.4, -0.2) is 26.8 Å². The summed E-state index contributed by atoms with van der Waals surface area (Å²) in [6.07, 6.45) is 1.66. The van der Waals surface area contributed by atoms with Crippen molar-refractivity contribution < 1.29 is 4.79 Å². The van der Waals surface area contributed by atoms with Crippen LogP contribution in [0, 0.1) is 0 Å². The predicted molar refractivity (Wildman–Crippen MR) is 128 cm³/mol. The molecule has 156 valence electrons. The maximum Gasteiger partial charge on any atom is 0.261 e. The van der Waals surface area contributed by atoms with Crippen molar-refractivity contribution in [2.45, 2.75) is 0 Å². The highest BCUT2D eigenvalue weighted by Crippen LogP contribution is 2.28. The number of nitrogen functional groups attached to an aromatic ring is 1. The second-order valence-electron chi connectivity index (χ2n) is 7.07. The Bertz CT molecular complexity index is 1480. The van der Waals surface area contributed by atoms with Gasteiger partial charge < -0.3 is 11.1 Å². The number of amides is 1. The fourth-order valence-corrected chi connectivity index (χ4v) is 3.50. The van der Waals surface area contributed by atoms with Gasteiger partial charge in [-0.1, -0.05) is 54.1 Å². The number of fused-ring (bicyclic) bond motifs is 2. The van der Waals surface area contributed by atoms with E-state index in [0.29, 0.717) is 32.9 Å². The van der Waals surface area contributed by atoms with Crippen LogP contribution < -0.4 is 11.1 Å². The van der Waals surface area contributed by atoms with Gasteiger partial charge in [-0.05, 0) is 42.0 Å². The van der Waals surface area contributed by atoms with Gasteiger partial charge in [0, 0.05) is 10.7 Å². The Morgan fingerprint density at radius 1 is 0.938 bits per heavy atom. The van der Waals surface area contributed by atoms with Gasteiger partial charge in [0.05, 0.1) is 17.2 Å². The quantitative estimate of drug-likeness (QED) is 0.386. The molecule has 0 aliphatic rings. The van der Waals surface area contributed by atoms with E-state index in [-0.39, 0.29) is 11.4 Å². The first-order valence-corrected chi connectivity index (χ1v) is 10.2. The van der Waals surface area contributed by atoms with Crippen LogP contribution in [0.5, 0.6) is 0 Å². The molecule has 0 spiro atoms. The number of nitrogens with one attached hydrogen (secondary N) is 1. The third-order valence-corrected chi connectivity index (χ3v) is 5.18. The fourth-order valence-electron chi connectivity index (χ4n) is 3.38. The standard InChI is InChI=1S/C24H17ClN6O/c25-16-10-12-17(13-11-16)28-24(32)20-21-23(30-19-9-5-4-8-18(19)29-21)31(22(20)26)27-14-15-6-2-1-3-7-15/h1-14H,26H2,(H,28,32)/b27-14-. The zero-order valence-corrected chi connectivity index (χ0v) is 17.5. The molecular formula is C24H17ClN6O. The average molecular weight is 441 g/mol. The summed E-state index contributed by atoms with van der Waals surface area (Å²) in [7, 11) is 0. The van der Waals surface area contributed by atoms with E-state index in [0.717, 1.165) is 5.56 Å². The summed E-state index contributed by atoms with van der Waals surface area (Å²) in [5.41, 5.74) is 10.2. The number of rotatable bonds is 4. The zero-order chi connectivity index (χ0) is 22.1. The Morgan fingerprint density at radius 3 is 2.31 bits per heavy atom. The van der Waals surface area contributed by atoms with Crippen molar-refractivity contribution in [2.24, 2.45) is 5.10 Å². The highest BCUT2D eigenvalue weighted by Gasteiger charge is 2.24. The highest BCUT2D eigenvalue weighted by atomic mass is 35.5. The van der Waals surface area contributed by atoms with Gasteiger partial charge in [0.1, 0.15) is 16.9 Å². The zero-order valence-electron chi connectivity index (χ0n) is 16.7. The van der Waals surface area contributed by atoms with Crippen molar-refractivity contribution in [2.75, 3.05) is 11.1 Å². The molecule has 0 aliphatic heterocycles. The minimum atomic E-state index is -0.409. The van der Waals surface area contributed by atoms with Crippen LogP contribution in [0.15, 0.2) is 84.0 Å². The lowest BCUT2D eigenvalue weighted by Gasteiger charge is -2.05. The first kappa shape index (κ1) is 19.7. The molecule has 5 aromatic rings. The summed E-state index contributed by atoms with van der Waals surface area (Å²) in [4.78, 5) is 22.6. The van der Waals surface area contributed by atoms with E-state index < -0.39 is 5.91 Å². The van der Waals surface area contributed by atoms with Crippen molar-refractivity contribution in [3.05, 3.63) is 95.0 Å². The molecular weight excluding hydrogens is 424 g/mol. The van der Waals surface area contributed by atoms with Crippen molar-refractivity contribution in [3.8, 4) is 0 Å². The monoisotopic (exact) mass is 440 g/mol. The molecule has 2 heterocycles. The van der Waals surface area contributed by atoms with Gasteiger partial charge in [0.15, 0.2) is 5.65 Å². The Labute approximate surface area is 188 Å². The van der Waals surface area contributed by atoms with Gasteiger partial charge >= 0.3 is 0 Å². The number of nitrogens with two attached hydrogens (primary N) is 1. The van der Waals surface area contributed by atoms with Gasteiger partial charge in [-0.15, -0.1) is 0 Å². The van der Waals surface area contributed by atoms with E-state index in [1.54, 1.807) is 30.5 Å². The van der Waals surface area contributed by atoms with Crippen molar-refractivity contribution >= 4 is 57.4 Å². The Hall–Kier alpha value is -4.23. The van der Waals surface area contributed by atoms with E-state index >= 15 is 0 Å². The minimum Gasteiger partial charge on any atom is -0.383 e. The molecule has 7 nitrogen and oxygen atoms in total. The number of carbonyl (C=O) groups is 1. The maximum absolute atomic E-state index is 13.2. The molecule has 0 saturated heterocycles. The Morgan fingerprint density at radius 2 is 1.59 bits per heavy atom. The van der Waals surface area contributed by atoms with Gasteiger partial charge in [0.25, 0.3) is 5.91 Å². The number of carbonyl (C=O) groups excluding carboxylic acids is 1. The maximum atomic E-state index is 13.2. The number of hydrogen-bond donors (Lipinski definition) is 2. The largest absolute Gasteiger partial charge is 0.383 e. The summed E-state index contributed by atoms with van der Waals surface area (Å²) < 4.78 is 1.44. The molecule has 32 heavy (non-hydrogen) atoms. The number of hydrogen-bond acceptors (Lipinski definition) is 5. The topological polar surface area (TPSA) is 98.2 Å². The van der Waals surface area contributed by atoms with Crippen LogP contribution in [0.4, 0.5) is 11.5 Å². The van der Waals surface area contributed by atoms with Crippen LogP contribution in [0.25, 0.3) is 22.2 Å². The number of aromatic nitrogens is 3. The SMILES string of the molecule is Nc1c(C(=O)Nc2ccc(Cl)cc2)c2nc3ccccc3nc2n1/N=C\c1ccccc1. The van der Waals surface area contributed by atoms with Crippen LogP contribution in [0.1, 0.15) is 15.9 Å². The first-order valence-electron chi connectivity index (χ1n) is 9.83. The molecule has 2 aromatic heterocycles. The summed E-state index contributed by atoms with van der Waals surface area (Å²) in [5.74, 6) is -0.262. The van der Waals surface area contributed by atoms with Crippen LogP contribution in [-0.2, 0) is 0 Å². The normalized spacial score (nSPS) is 11.4. The van der Waals surface area contributed by atoms with E-state index in [9.17, 15) is 4.79 Å². The number of nitrogens with zero attached hydrogens (tertiary/aromatic N) is 4. The molecule has 8 heteroatoms. The Balaban J connectivity index is 1.66. The van der Waals surface area contributed by atoms with E-state index in [1.165, 1.54) is 4.68 Å². The van der Waals surface area contributed by atoms with Crippen molar-refractivity contribution in [3.63, 3.8) is 0 Å². The predicted octanol–water partition coefficient (Wildman–Crippen LogP) is 4.95. The average Bonchev–Trinajstić information content (AvgIpc) is 3.08. The van der Waals surface area contributed by atoms with E-state index in [4.69, 9.17) is 17.3 Å². The molecule has 3 N–H and O–H groups in total. The number of halogens is 1. The van der Waals surface area contributed by atoms with Crippen molar-refractivity contribution in [1.29, 1.82) is 0 Å². The molecule has 0 aliphatic carbocycles. The lowest BCUT2D eigenvalue weighted by molar-refractivity contribution is 0.102. The van der Waals surface area contributed by atoms with Crippen LogP contribution in [0.2, 0.25) is 5.02 Å². The molecule has 0 atom stereocenters. The molecule has 1 amide bonds. The molecule has 0 radical (unpaired) electrons. The Kier molecular flexibility index (Phi) is 5.01. The first-order chi connectivity index (χ1) is 15.6. The van der Waals surface area contributed by atoms with E-state index in [2.05, 4.69) is 20.4 Å². The van der Waals surface area contributed by atoms with Gasteiger partial charge in [-0.2, -0.15) is 9.78 Å². The smallest absolute Gasteiger partial charge is 0.261 e. The summed E-state index contributed by atoms with van der Waals surface area (Å²) >= 11 is 5.94. The number of para-hydroxylation sites is 2. The number of anilines is 2. The lowest BCUT2D eigenvalue weighted by Crippen LogP contribution is -2.14. The van der Waals surface area contributed by atoms with Gasteiger partial charge in [-0.3, -0.25) is 4.79 Å². The third-order valence-electron chi connectivity index (χ3n) is 4.92. The highest BCUT2D eigenvalue weighted by molar-refractivity contribution is 6.30. The summed E-state index contributed by atoms with van der Waals surface area (Å²) in [6.45, 7) is 0. The molecule has 0 fully saturated rings. The minimum absolute atomic E-state index is 0.147. The van der Waals surface area contributed by atoms with Crippen LogP contribution in [0.3, 0.4) is 0 Å². The fraction of sp³-hybridized carbons (Fsp3) is 0. The van der Waals surface area contributed by atoms with Gasteiger partial charge in [0.2, 0.25) is 0 Å². The molecule has 0 unspecified atom stereocenters. The molecule has 5 rings (SSSR count). The lowest BCUT2D eigenvalue weighted by atomic mass is 10.2. The summed E-state index contributed by atoms with van der Waals surface area (Å²) in [5, 5.41) is 7.92.